The van der Waals surface area contributed by atoms with Gasteiger partial charge in [-0.05, 0) is 25.3 Å². The average Bonchev–Trinajstić information content (AvgIpc) is 2.14. The summed E-state index contributed by atoms with van der Waals surface area (Å²) in [5.74, 6) is 0.571. The van der Waals surface area contributed by atoms with Gasteiger partial charge in [-0.15, -0.1) is 0 Å². The molecule has 0 unspecified atom stereocenters. The topological polar surface area (TPSA) is 45.1 Å². The van der Waals surface area contributed by atoms with E-state index in [4.69, 9.17) is 23.2 Å². The van der Waals surface area contributed by atoms with E-state index in [0.717, 1.165) is 19.3 Å². The van der Waals surface area contributed by atoms with E-state index < -0.39 is 5.60 Å². The van der Waals surface area contributed by atoms with E-state index >= 15 is 0 Å². The molecule has 5 heteroatoms. The molecule has 1 aliphatic rings. The number of aliphatic hydroxyl groups is 1. The smallest absolute Gasteiger partial charge is 0.144 e. The van der Waals surface area contributed by atoms with E-state index in [1.165, 1.54) is 6.20 Å². The molecular weight excluding hydrogens is 235 g/mol. The Morgan fingerprint density at radius 1 is 1.47 bits per heavy atom. The third kappa shape index (κ3) is 2.54. The quantitative estimate of drug-likeness (QED) is 0.863. The molecule has 0 saturated heterocycles. The highest BCUT2D eigenvalue weighted by Gasteiger charge is 2.34. The van der Waals surface area contributed by atoms with Gasteiger partial charge in [0.1, 0.15) is 5.82 Å². The lowest BCUT2D eigenvalue weighted by atomic mass is 9.80. The molecule has 0 bridgehead atoms. The van der Waals surface area contributed by atoms with Crippen LogP contribution in [0.3, 0.4) is 0 Å². The van der Waals surface area contributed by atoms with Crippen molar-refractivity contribution in [3.05, 3.63) is 22.3 Å². The molecule has 2 N–H and O–H groups in total. The summed E-state index contributed by atoms with van der Waals surface area (Å²) in [4.78, 5) is 4.05. The lowest BCUT2D eigenvalue weighted by Crippen LogP contribution is -2.43. The molecule has 0 radical (unpaired) electrons. The summed E-state index contributed by atoms with van der Waals surface area (Å²) in [7, 11) is 0. The molecule has 0 atom stereocenters. The summed E-state index contributed by atoms with van der Waals surface area (Å²) < 4.78 is 0. The predicted octanol–water partition coefficient (Wildman–Crippen LogP) is 2.72. The van der Waals surface area contributed by atoms with Gasteiger partial charge >= 0.3 is 0 Å². The Morgan fingerprint density at radius 3 is 2.73 bits per heavy atom. The Morgan fingerprint density at radius 2 is 2.20 bits per heavy atom. The molecule has 3 nitrogen and oxygen atoms in total. The highest BCUT2D eigenvalue weighted by Crippen LogP contribution is 2.32. The molecule has 0 aromatic carbocycles. The van der Waals surface area contributed by atoms with Gasteiger partial charge in [0.05, 0.1) is 15.6 Å². The molecule has 1 aromatic rings. The summed E-state index contributed by atoms with van der Waals surface area (Å²) in [6.07, 6.45) is 4.29. The van der Waals surface area contributed by atoms with Crippen LogP contribution in [0.1, 0.15) is 19.3 Å². The van der Waals surface area contributed by atoms with Gasteiger partial charge in [-0.3, -0.25) is 0 Å². The number of halogens is 2. The van der Waals surface area contributed by atoms with Crippen LogP contribution < -0.4 is 5.32 Å². The molecule has 15 heavy (non-hydrogen) atoms. The van der Waals surface area contributed by atoms with Gasteiger partial charge < -0.3 is 10.4 Å². The molecule has 2 rings (SSSR count). The fourth-order valence-electron chi connectivity index (χ4n) is 1.55. The van der Waals surface area contributed by atoms with Gasteiger partial charge in [-0.2, -0.15) is 0 Å². The third-order valence-electron chi connectivity index (χ3n) is 2.68. The first-order chi connectivity index (χ1) is 7.09. The molecule has 0 amide bonds. The van der Waals surface area contributed by atoms with Crippen LogP contribution in [0.15, 0.2) is 12.3 Å². The molecule has 1 fully saturated rings. The van der Waals surface area contributed by atoms with Crippen molar-refractivity contribution >= 4 is 29.0 Å². The predicted molar refractivity (Wildman–Crippen MR) is 61.5 cm³/mol. The molecule has 1 saturated carbocycles. The Labute approximate surface area is 98.4 Å². The van der Waals surface area contributed by atoms with Gasteiger partial charge in [0.15, 0.2) is 0 Å². The maximum atomic E-state index is 9.86. The Kier molecular flexibility index (Phi) is 3.05. The SMILES string of the molecule is OC1(CNc2ncc(Cl)cc2Cl)CCC1. The van der Waals surface area contributed by atoms with Crippen LogP contribution in [-0.2, 0) is 0 Å². The zero-order chi connectivity index (χ0) is 10.9. The minimum absolute atomic E-state index is 0.477. The number of nitrogens with one attached hydrogen (secondary N) is 1. The van der Waals surface area contributed by atoms with Crippen LogP contribution in [0.5, 0.6) is 0 Å². The van der Waals surface area contributed by atoms with E-state index in [9.17, 15) is 5.11 Å². The zero-order valence-corrected chi connectivity index (χ0v) is 9.65. The van der Waals surface area contributed by atoms with Crippen molar-refractivity contribution in [1.82, 2.24) is 4.98 Å². The van der Waals surface area contributed by atoms with Crippen LogP contribution in [-0.4, -0.2) is 22.2 Å². The lowest BCUT2D eigenvalue weighted by Gasteiger charge is -2.36. The van der Waals surface area contributed by atoms with Crippen LogP contribution in [0.2, 0.25) is 10.0 Å². The fourth-order valence-corrected chi connectivity index (χ4v) is 2.00. The maximum absolute atomic E-state index is 9.86. The summed E-state index contributed by atoms with van der Waals surface area (Å²) in [6.45, 7) is 0.487. The Bertz CT molecular complexity index is 366. The maximum Gasteiger partial charge on any atom is 0.144 e. The first-order valence-corrected chi connectivity index (χ1v) is 5.62. The van der Waals surface area contributed by atoms with Crippen molar-refractivity contribution in [1.29, 1.82) is 0 Å². The van der Waals surface area contributed by atoms with Crippen molar-refractivity contribution in [2.24, 2.45) is 0 Å². The van der Waals surface area contributed by atoms with Crippen molar-refractivity contribution in [2.45, 2.75) is 24.9 Å². The summed E-state index contributed by atoms with van der Waals surface area (Å²) in [6, 6.07) is 1.63. The van der Waals surface area contributed by atoms with Gasteiger partial charge in [-0.25, -0.2) is 4.98 Å². The van der Waals surface area contributed by atoms with Crippen molar-refractivity contribution in [3.63, 3.8) is 0 Å². The number of anilines is 1. The molecule has 1 aromatic heterocycles. The highest BCUT2D eigenvalue weighted by atomic mass is 35.5. The first kappa shape index (κ1) is 11.0. The fraction of sp³-hybridized carbons (Fsp3) is 0.500. The largest absolute Gasteiger partial charge is 0.388 e. The second-order valence-electron chi connectivity index (χ2n) is 3.92. The van der Waals surface area contributed by atoms with Crippen molar-refractivity contribution in [3.8, 4) is 0 Å². The monoisotopic (exact) mass is 246 g/mol. The van der Waals surface area contributed by atoms with E-state index in [1.807, 2.05) is 0 Å². The van der Waals surface area contributed by atoms with Gasteiger partial charge in [-0.1, -0.05) is 23.2 Å². The number of aromatic nitrogens is 1. The minimum atomic E-state index is -0.579. The molecule has 82 valence electrons. The Hall–Kier alpha value is -0.510. The number of hydrogen-bond acceptors (Lipinski definition) is 3. The van der Waals surface area contributed by atoms with E-state index in [0.29, 0.717) is 22.4 Å². The second kappa shape index (κ2) is 4.16. The standard InChI is InChI=1S/C10H12Cl2N2O/c11-7-4-8(12)9(13-5-7)14-6-10(15)2-1-3-10/h4-5,15H,1-3,6H2,(H,13,14). The average molecular weight is 247 g/mol. The number of rotatable bonds is 3. The molecule has 1 heterocycles. The minimum Gasteiger partial charge on any atom is -0.388 e. The van der Waals surface area contributed by atoms with Crippen LogP contribution in [0.25, 0.3) is 0 Å². The van der Waals surface area contributed by atoms with Crippen LogP contribution in [0.4, 0.5) is 5.82 Å². The molecular formula is C10H12Cl2N2O. The first-order valence-electron chi connectivity index (χ1n) is 4.86. The highest BCUT2D eigenvalue weighted by molar-refractivity contribution is 6.35. The summed E-state index contributed by atoms with van der Waals surface area (Å²) in [5, 5.41) is 13.9. The van der Waals surface area contributed by atoms with E-state index in [-0.39, 0.29) is 0 Å². The van der Waals surface area contributed by atoms with Crippen LogP contribution >= 0.6 is 23.2 Å². The van der Waals surface area contributed by atoms with Gasteiger partial charge in [0.2, 0.25) is 0 Å². The Balaban J connectivity index is 1.98. The van der Waals surface area contributed by atoms with Gasteiger partial charge in [0.25, 0.3) is 0 Å². The number of nitrogens with zero attached hydrogens (tertiary/aromatic N) is 1. The number of pyridine rings is 1. The summed E-state index contributed by atoms with van der Waals surface area (Å²) in [5.41, 5.74) is -0.579. The summed E-state index contributed by atoms with van der Waals surface area (Å²) >= 11 is 11.6. The normalized spacial score (nSPS) is 18.3. The number of hydrogen-bond donors (Lipinski definition) is 2. The molecule has 1 aliphatic carbocycles. The van der Waals surface area contributed by atoms with Crippen LogP contribution in [0, 0.1) is 0 Å². The lowest BCUT2D eigenvalue weighted by molar-refractivity contribution is -0.0202. The van der Waals surface area contributed by atoms with Gasteiger partial charge in [0, 0.05) is 12.7 Å². The molecule has 0 aliphatic heterocycles. The third-order valence-corrected chi connectivity index (χ3v) is 3.17. The van der Waals surface area contributed by atoms with E-state index in [1.54, 1.807) is 6.07 Å². The molecule has 0 spiro atoms. The van der Waals surface area contributed by atoms with E-state index in [2.05, 4.69) is 10.3 Å². The second-order valence-corrected chi connectivity index (χ2v) is 4.76. The zero-order valence-electron chi connectivity index (χ0n) is 8.13. The van der Waals surface area contributed by atoms with Crippen molar-refractivity contribution < 1.29 is 5.11 Å². The van der Waals surface area contributed by atoms with Crippen molar-refractivity contribution in [2.75, 3.05) is 11.9 Å².